The number of benzene rings is 4. The molecule has 0 fully saturated rings. The van der Waals surface area contributed by atoms with E-state index in [2.05, 4.69) is 196 Å². The Morgan fingerprint density at radius 1 is 0.370 bits per heavy atom. The van der Waals surface area contributed by atoms with Crippen LogP contribution in [-0.2, 0) is 0 Å². The molecule has 0 heterocycles. The summed E-state index contributed by atoms with van der Waals surface area (Å²) in [5.74, 6) is 29.6. The summed E-state index contributed by atoms with van der Waals surface area (Å²) in [4.78, 5) is 0. The van der Waals surface area contributed by atoms with E-state index >= 15 is 0 Å². The fourth-order valence-corrected chi connectivity index (χ4v) is 5.54. The summed E-state index contributed by atoms with van der Waals surface area (Å²) in [5, 5.41) is 0. The molecule has 0 aliphatic carbocycles. The molecule has 4 aromatic rings. The van der Waals surface area contributed by atoms with Crippen LogP contribution < -0.4 is 18.9 Å². The summed E-state index contributed by atoms with van der Waals surface area (Å²) in [5.41, 5.74) is 4.86. The second kappa shape index (κ2) is 19.3. The van der Waals surface area contributed by atoms with Crippen molar-refractivity contribution in [1.82, 2.24) is 0 Å². The standard InChI is InChI=1S/C44H44B.Li/c1-5-37(41-21-13-9-14-22-41)29-33-45(34-30-38(6-2)42-23-15-10-16-24-42,35-31-39(7-3)43-25-17-11-18-26-43)36-32-40(8-4)44-27-19-12-20-28-44;/h9-28,37-40H,5-8H2,1-4H3;/q-1;+1. The van der Waals surface area contributed by atoms with Gasteiger partial charge in [0.1, 0.15) is 0 Å². The van der Waals surface area contributed by atoms with Crippen molar-refractivity contribution in [3.63, 3.8) is 0 Å². The van der Waals surface area contributed by atoms with Gasteiger partial charge < -0.3 is 0 Å². The molecule has 0 nitrogen and oxygen atoms in total. The molecule has 0 N–H and O–H groups in total. The molecule has 0 saturated carbocycles. The molecule has 0 aliphatic heterocycles. The second-order valence-corrected chi connectivity index (χ2v) is 11.5. The van der Waals surface area contributed by atoms with E-state index in [1.165, 1.54) is 22.3 Å². The first-order valence-electron chi connectivity index (χ1n) is 16.6. The van der Waals surface area contributed by atoms with Crippen molar-refractivity contribution in [1.29, 1.82) is 0 Å². The maximum atomic E-state index is 3.67. The van der Waals surface area contributed by atoms with E-state index in [1.54, 1.807) is 0 Å². The average Bonchev–Trinajstić information content (AvgIpc) is 3.11. The van der Waals surface area contributed by atoms with Gasteiger partial charge in [-0.1, -0.05) is 149 Å². The first-order chi connectivity index (χ1) is 22.1. The Hall–Kier alpha value is -4.22. The Morgan fingerprint density at radius 3 is 0.739 bits per heavy atom. The molecular formula is C44H44BLi. The molecule has 4 rings (SSSR count). The predicted octanol–water partition coefficient (Wildman–Crippen LogP) is 7.38. The Bertz CT molecular complexity index is 1450. The van der Waals surface area contributed by atoms with E-state index < -0.39 is 6.15 Å². The van der Waals surface area contributed by atoms with Crippen LogP contribution in [0.1, 0.15) is 99.3 Å². The smallest absolute Gasteiger partial charge is 0.269 e. The van der Waals surface area contributed by atoms with Gasteiger partial charge in [-0.15, -0.1) is 23.7 Å². The van der Waals surface area contributed by atoms with Crippen molar-refractivity contribution in [3.8, 4) is 47.0 Å². The van der Waals surface area contributed by atoms with Gasteiger partial charge in [-0.3, -0.25) is 23.3 Å². The molecule has 0 bridgehead atoms. The molecule has 4 atom stereocenters. The van der Waals surface area contributed by atoms with Gasteiger partial charge in [-0.25, -0.2) is 0 Å². The Kier molecular flexibility index (Phi) is 15.2. The number of hydrogen-bond acceptors (Lipinski definition) is 0. The molecule has 0 aliphatic rings. The number of rotatable bonds is 8. The third kappa shape index (κ3) is 10.4. The zero-order valence-electron chi connectivity index (χ0n) is 28.3. The summed E-state index contributed by atoms with van der Waals surface area (Å²) in [6, 6.07) is 42.2. The van der Waals surface area contributed by atoms with Crippen LogP contribution in [0.15, 0.2) is 121 Å². The SMILES string of the molecule is CCC(C#C[B-](C#CC(CC)c1ccccc1)(C#CC(CC)c1ccccc1)C#CC(CC)c1ccccc1)c1ccccc1.[Li+]. The van der Waals surface area contributed by atoms with Crippen molar-refractivity contribution >= 4 is 6.15 Å². The van der Waals surface area contributed by atoms with Crippen LogP contribution in [-0.4, -0.2) is 6.15 Å². The van der Waals surface area contributed by atoms with Gasteiger partial charge in [0.25, 0.3) is 6.15 Å². The van der Waals surface area contributed by atoms with Gasteiger partial charge in [0, 0.05) is 23.7 Å². The normalized spacial score (nSPS) is 13.8. The first kappa shape index (κ1) is 36.3. The van der Waals surface area contributed by atoms with Crippen LogP contribution in [0.2, 0.25) is 0 Å². The molecule has 0 radical (unpaired) electrons. The fraction of sp³-hybridized carbons (Fsp3) is 0.273. The van der Waals surface area contributed by atoms with Crippen LogP contribution >= 0.6 is 0 Å². The molecular weight excluding hydrogens is 546 g/mol. The molecule has 0 spiro atoms. The van der Waals surface area contributed by atoms with E-state index in [4.69, 9.17) is 0 Å². The van der Waals surface area contributed by atoms with E-state index in [-0.39, 0.29) is 42.5 Å². The average molecular weight is 591 g/mol. The zero-order valence-corrected chi connectivity index (χ0v) is 28.3. The van der Waals surface area contributed by atoms with Crippen molar-refractivity contribution in [2.24, 2.45) is 0 Å². The predicted molar refractivity (Wildman–Crippen MR) is 195 cm³/mol. The molecule has 46 heavy (non-hydrogen) atoms. The summed E-state index contributed by atoms with van der Waals surface area (Å²) in [6.45, 7) is 8.77. The van der Waals surface area contributed by atoms with E-state index in [0.29, 0.717) is 0 Å². The summed E-state index contributed by atoms with van der Waals surface area (Å²) in [6.07, 6.45) is 1.62. The van der Waals surface area contributed by atoms with Crippen molar-refractivity contribution < 1.29 is 18.9 Å². The molecule has 0 amide bonds. The van der Waals surface area contributed by atoms with Crippen LogP contribution in [0.4, 0.5) is 0 Å². The van der Waals surface area contributed by atoms with E-state index in [9.17, 15) is 0 Å². The topological polar surface area (TPSA) is 0 Å². The molecule has 0 saturated heterocycles. The van der Waals surface area contributed by atoms with Gasteiger partial charge in [0.2, 0.25) is 0 Å². The minimum absolute atomic E-state index is 0. The van der Waals surface area contributed by atoms with Crippen molar-refractivity contribution in [2.75, 3.05) is 0 Å². The summed E-state index contributed by atoms with van der Waals surface area (Å²) in [7, 11) is 0. The van der Waals surface area contributed by atoms with Crippen LogP contribution in [0, 0.1) is 47.0 Å². The quantitative estimate of drug-likeness (QED) is 0.148. The van der Waals surface area contributed by atoms with E-state index in [0.717, 1.165) is 25.7 Å². The molecule has 0 aromatic heterocycles. The van der Waals surface area contributed by atoms with Crippen LogP contribution in [0.25, 0.3) is 0 Å². The summed E-state index contributed by atoms with van der Waals surface area (Å²) >= 11 is 0. The van der Waals surface area contributed by atoms with E-state index in [1.807, 2.05) is 0 Å². The molecule has 4 unspecified atom stereocenters. The van der Waals surface area contributed by atoms with Gasteiger partial charge in [0.05, 0.1) is 0 Å². The van der Waals surface area contributed by atoms with Crippen LogP contribution in [0.3, 0.4) is 0 Å². The first-order valence-corrected chi connectivity index (χ1v) is 16.6. The van der Waals surface area contributed by atoms with Crippen molar-refractivity contribution in [3.05, 3.63) is 144 Å². The Balaban J connectivity index is 0.00000576. The molecule has 2 heteroatoms. The maximum Gasteiger partial charge on any atom is 1.00 e. The third-order valence-electron chi connectivity index (χ3n) is 8.34. The van der Waals surface area contributed by atoms with Crippen LogP contribution in [0.5, 0.6) is 0 Å². The minimum atomic E-state index is -2.00. The largest absolute Gasteiger partial charge is 1.00 e. The monoisotopic (exact) mass is 590 g/mol. The fourth-order valence-electron chi connectivity index (χ4n) is 5.54. The number of hydrogen-bond donors (Lipinski definition) is 0. The summed E-state index contributed by atoms with van der Waals surface area (Å²) < 4.78 is 0. The van der Waals surface area contributed by atoms with Gasteiger partial charge in [0.15, 0.2) is 0 Å². The second-order valence-electron chi connectivity index (χ2n) is 11.5. The Labute approximate surface area is 291 Å². The van der Waals surface area contributed by atoms with Crippen molar-refractivity contribution in [2.45, 2.75) is 77.0 Å². The molecule has 4 aromatic carbocycles. The third-order valence-corrected chi connectivity index (χ3v) is 8.34. The van der Waals surface area contributed by atoms with Gasteiger partial charge >= 0.3 is 18.9 Å². The zero-order chi connectivity index (χ0) is 31.7. The minimum Gasteiger partial charge on any atom is -0.269 e. The van der Waals surface area contributed by atoms with Gasteiger partial charge in [-0.2, -0.15) is 0 Å². The Morgan fingerprint density at radius 2 is 0.565 bits per heavy atom. The molecule has 224 valence electrons. The van der Waals surface area contributed by atoms with Gasteiger partial charge in [-0.05, 0) is 47.9 Å². The maximum absolute atomic E-state index is 3.67.